The molecule has 0 spiro atoms. The first kappa shape index (κ1) is 14.0. The van der Waals surface area contributed by atoms with Gasteiger partial charge in [-0.3, -0.25) is 4.40 Å². The van der Waals surface area contributed by atoms with E-state index in [0.717, 1.165) is 50.5 Å². The second-order valence-corrected chi connectivity index (χ2v) is 6.66. The van der Waals surface area contributed by atoms with Crippen molar-refractivity contribution in [1.29, 1.82) is 0 Å². The smallest absolute Gasteiger partial charge is 0.193 e. The van der Waals surface area contributed by atoms with E-state index in [-0.39, 0.29) is 0 Å². The maximum Gasteiger partial charge on any atom is 0.193 e. The standard InChI is InChI=1S/C15H23N3OS/c1-2-5-16-12-15(3-7-19-8-4-15)10-13-11-18-6-9-20-14(18)17-13/h6,9,11,16H,2-5,7-8,10,12H2,1H3. The first-order valence-corrected chi connectivity index (χ1v) is 8.39. The van der Waals surface area contributed by atoms with Crippen LogP contribution in [0.25, 0.3) is 4.96 Å². The van der Waals surface area contributed by atoms with Crippen molar-refractivity contribution in [2.45, 2.75) is 32.6 Å². The summed E-state index contributed by atoms with van der Waals surface area (Å²) in [4.78, 5) is 5.85. The maximum absolute atomic E-state index is 5.56. The zero-order valence-electron chi connectivity index (χ0n) is 12.1. The minimum atomic E-state index is 0.317. The van der Waals surface area contributed by atoms with Gasteiger partial charge in [-0.25, -0.2) is 4.98 Å². The number of aromatic nitrogens is 2. The van der Waals surface area contributed by atoms with Crippen molar-refractivity contribution in [3.63, 3.8) is 0 Å². The highest BCUT2D eigenvalue weighted by atomic mass is 32.1. The third-order valence-electron chi connectivity index (χ3n) is 4.18. The molecule has 2 aromatic rings. The van der Waals surface area contributed by atoms with E-state index in [0.29, 0.717) is 5.41 Å². The quantitative estimate of drug-likeness (QED) is 0.832. The molecule has 110 valence electrons. The molecule has 3 rings (SSSR count). The summed E-state index contributed by atoms with van der Waals surface area (Å²) in [5.74, 6) is 0. The van der Waals surface area contributed by atoms with Crippen LogP contribution < -0.4 is 5.32 Å². The Morgan fingerprint density at radius 1 is 1.45 bits per heavy atom. The first-order valence-electron chi connectivity index (χ1n) is 7.51. The van der Waals surface area contributed by atoms with Gasteiger partial charge in [0.1, 0.15) is 0 Å². The van der Waals surface area contributed by atoms with E-state index in [2.05, 4.69) is 34.4 Å². The Morgan fingerprint density at radius 2 is 2.30 bits per heavy atom. The summed E-state index contributed by atoms with van der Waals surface area (Å²) in [5.41, 5.74) is 1.54. The van der Waals surface area contributed by atoms with Gasteiger partial charge in [-0.2, -0.15) is 0 Å². The lowest BCUT2D eigenvalue weighted by Crippen LogP contribution is -2.41. The Hall–Kier alpha value is -0.910. The molecule has 2 aromatic heterocycles. The summed E-state index contributed by atoms with van der Waals surface area (Å²) in [6.45, 7) is 6.16. The lowest BCUT2D eigenvalue weighted by molar-refractivity contribution is 0.0146. The Labute approximate surface area is 124 Å². The molecule has 0 aliphatic carbocycles. The van der Waals surface area contributed by atoms with E-state index in [1.165, 1.54) is 12.1 Å². The first-order chi connectivity index (χ1) is 9.81. The molecule has 1 saturated heterocycles. The molecule has 4 nitrogen and oxygen atoms in total. The van der Waals surface area contributed by atoms with Gasteiger partial charge < -0.3 is 10.1 Å². The Morgan fingerprint density at radius 3 is 3.05 bits per heavy atom. The number of fused-ring (bicyclic) bond motifs is 1. The highest BCUT2D eigenvalue weighted by Gasteiger charge is 2.33. The molecule has 1 N–H and O–H groups in total. The van der Waals surface area contributed by atoms with Crippen LogP contribution in [0.4, 0.5) is 0 Å². The number of hydrogen-bond acceptors (Lipinski definition) is 4. The van der Waals surface area contributed by atoms with E-state index in [1.807, 2.05) is 0 Å². The van der Waals surface area contributed by atoms with Crippen molar-refractivity contribution < 1.29 is 4.74 Å². The van der Waals surface area contributed by atoms with Gasteiger partial charge in [-0.15, -0.1) is 11.3 Å². The maximum atomic E-state index is 5.56. The number of imidazole rings is 1. The summed E-state index contributed by atoms with van der Waals surface area (Å²) in [5, 5.41) is 5.69. The molecule has 1 aliphatic heterocycles. The number of rotatable bonds is 6. The number of thiazole rings is 1. The van der Waals surface area contributed by atoms with Gasteiger partial charge in [-0.05, 0) is 37.6 Å². The Balaban J connectivity index is 1.72. The molecule has 1 aliphatic rings. The predicted molar refractivity (Wildman–Crippen MR) is 82.4 cm³/mol. The van der Waals surface area contributed by atoms with E-state index < -0.39 is 0 Å². The van der Waals surface area contributed by atoms with Crippen LogP contribution in [0.15, 0.2) is 17.8 Å². The highest BCUT2D eigenvalue weighted by Crippen LogP contribution is 2.33. The molecule has 5 heteroatoms. The van der Waals surface area contributed by atoms with Crippen LogP contribution in [0.1, 0.15) is 31.9 Å². The predicted octanol–water partition coefficient (Wildman–Crippen LogP) is 2.73. The Bertz CT molecular complexity index is 514. The normalized spacial score (nSPS) is 18.6. The van der Waals surface area contributed by atoms with E-state index in [4.69, 9.17) is 9.72 Å². The number of nitrogens with zero attached hydrogens (tertiary/aromatic N) is 2. The monoisotopic (exact) mass is 293 g/mol. The molecule has 0 saturated carbocycles. The van der Waals surface area contributed by atoms with Crippen LogP contribution in [-0.2, 0) is 11.2 Å². The van der Waals surface area contributed by atoms with Crippen LogP contribution in [0, 0.1) is 5.41 Å². The zero-order chi connectivity index (χ0) is 13.8. The van der Waals surface area contributed by atoms with Gasteiger partial charge in [0.2, 0.25) is 0 Å². The third-order valence-corrected chi connectivity index (χ3v) is 4.95. The third kappa shape index (κ3) is 3.05. The topological polar surface area (TPSA) is 38.6 Å². The van der Waals surface area contributed by atoms with E-state index in [1.54, 1.807) is 11.3 Å². The number of ether oxygens (including phenoxy) is 1. The van der Waals surface area contributed by atoms with Gasteiger partial charge in [0.05, 0.1) is 5.69 Å². The van der Waals surface area contributed by atoms with Crippen molar-refractivity contribution in [2.24, 2.45) is 5.41 Å². The minimum Gasteiger partial charge on any atom is -0.381 e. The molecule has 0 amide bonds. The molecular formula is C15H23N3OS. The fourth-order valence-corrected chi connectivity index (χ4v) is 3.72. The lowest BCUT2D eigenvalue weighted by Gasteiger charge is -2.37. The second-order valence-electron chi connectivity index (χ2n) is 5.79. The summed E-state index contributed by atoms with van der Waals surface area (Å²) in [7, 11) is 0. The van der Waals surface area contributed by atoms with Gasteiger partial charge in [0.15, 0.2) is 4.96 Å². The van der Waals surface area contributed by atoms with Crippen LogP contribution in [0.3, 0.4) is 0 Å². The summed E-state index contributed by atoms with van der Waals surface area (Å²) in [6.07, 6.45) is 8.78. The molecular weight excluding hydrogens is 270 g/mol. The van der Waals surface area contributed by atoms with Crippen LogP contribution in [0.5, 0.6) is 0 Å². The van der Waals surface area contributed by atoms with Crippen LogP contribution >= 0.6 is 11.3 Å². The molecule has 0 bridgehead atoms. The average molecular weight is 293 g/mol. The van der Waals surface area contributed by atoms with Crippen molar-refractivity contribution in [3.05, 3.63) is 23.5 Å². The lowest BCUT2D eigenvalue weighted by atomic mass is 9.76. The van der Waals surface area contributed by atoms with Gasteiger partial charge in [0.25, 0.3) is 0 Å². The largest absolute Gasteiger partial charge is 0.381 e. The van der Waals surface area contributed by atoms with Gasteiger partial charge in [-0.1, -0.05) is 6.92 Å². The molecule has 0 radical (unpaired) electrons. The highest BCUT2D eigenvalue weighted by molar-refractivity contribution is 7.15. The molecule has 1 fully saturated rings. The van der Waals surface area contributed by atoms with Crippen molar-refractivity contribution in [3.8, 4) is 0 Å². The van der Waals surface area contributed by atoms with Gasteiger partial charge >= 0.3 is 0 Å². The average Bonchev–Trinajstić information content (AvgIpc) is 3.01. The van der Waals surface area contributed by atoms with Crippen LogP contribution in [-0.4, -0.2) is 35.7 Å². The Kier molecular flexibility index (Phi) is 4.38. The van der Waals surface area contributed by atoms with Crippen LogP contribution in [0.2, 0.25) is 0 Å². The number of hydrogen-bond donors (Lipinski definition) is 1. The van der Waals surface area contributed by atoms with Gasteiger partial charge in [0, 0.05) is 37.5 Å². The molecule has 0 unspecified atom stereocenters. The zero-order valence-corrected chi connectivity index (χ0v) is 12.9. The SMILES string of the molecule is CCCNCC1(Cc2cn3ccsc3n2)CCOCC1. The fraction of sp³-hybridized carbons (Fsp3) is 0.667. The van der Waals surface area contributed by atoms with Crippen molar-refractivity contribution >= 4 is 16.3 Å². The minimum absolute atomic E-state index is 0.317. The van der Waals surface area contributed by atoms with E-state index in [9.17, 15) is 0 Å². The summed E-state index contributed by atoms with van der Waals surface area (Å²) >= 11 is 1.70. The van der Waals surface area contributed by atoms with Crippen molar-refractivity contribution in [1.82, 2.24) is 14.7 Å². The van der Waals surface area contributed by atoms with Crippen molar-refractivity contribution in [2.75, 3.05) is 26.3 Å². The molecule has 20 heavy (non-hydrogen) atoms. The second kappa shape index (κ2) is 6.24. The van der Waals surface area contributed by atoms with E-state index >= 15 is 0 Å². The molecule has 0 aromatic carbocycles. The molecule has 3 heterocycles. The summed E-state index contributed by atoms with van der Waals surface area (Å²) in [6, 6.07) is 0. The summed E-state index contributed by atoms with van der Waals surface area (Å²) < 4.78 is 7.69. The fourth-order valence-electron chi connectivity index (χ4n) is 3.00. The number of nitrogens with one attached hydrogen (secondary N) is 1. The molecule has 0 atom stereocenters.